The zero-order valence-electron chi connectivity index (χ0n) is 53.4. The third-order valence-corrected chi connectivity index (χ3v) is 16.7. The largest absolute Gasteiger partial charge is 0.466 e. The lowest BCUT2D eigenvalue weighted by Crippen LogP contribution is -2.45. The van der Waals surface area contributed by atoms with E-state index in [9.17, 15) is 19.8 Å². The van der Waals surface area contributed by atoms with E-state index in [1.54, 1.807) is 0 Å². The maximum Gasteiger partial charge on any atom is 0.305 e. The molecule has 3 N–H and O–H groups in total. The van der Waals surface area contributed by atoms with Crippen LogP contribution in [-0.4, -0.2) is 47.4 Å². The van der Waals surface area contributed by atoms with Gasteiger partial charge in [-0.15, -0.1) is 0 Å². The van der Waals surface area contributed by atoms with E-state index in [0.717, 1.165) is 51.4 Å². The molecule has 0 rings (SSSR count). The Morgan fingerprint density at radius 3 is 1.00 bits per heavy atom. The molecule has 0 aromatic rings. The molecule has 2 atom stereocenters. The summed E-state index contributed by atoms with van der Waals surface area (Å²) in [4.78, 5) is 24.6. The van der Waals surface area contributed by atoms with Gasteiger partial charge in [0.1, 0.15) is 0 Å². The van der Waals surface area contributed by atoms with Crippen LogP contribution >= 0.6 is 0 Å². The van der Waals surface area contributed by atoms with Crippen molar-refractivity contribution in [3.8, 4) is 0 Å². The molecule has 0 aliphatic heterocycles. The number of rotatable bonds is 67. The molecule has 0 saturated heterocycles. The van der Waals surface area contributed by atoms with Gasteiger partial charge in [-0.2, -0.15) is 0 Å². The number of carbonyl (C=O) groups excluding carboxylic acids is 2. The lowest BCUT2D eigenvalue weighted by molar-refractivity contribution is -0.143. The highest BCUT2D eigenvalue weighted by molar-refractivity contribution is 5.76. The molecule has 0 aromatic heterocycles. The van der Waals surface area contributed by atoms with Crippen LogP contribution < -0.4 is 5.32 Å². The summed E-state index contributed by atoms with van der Waals surface area (Å²) in [6.07, 6.45) is 87.7. The minimum absolute atomic E-state index is 0.0108. The molecule has 1 amide bonds. The molecule has 0 heterocycles. The molecule has 466 valence electrons. The summed E-state index contributed by atoms with van der Waals surface area (Å²) in [5, 5.41) is 23.3. The molecular formula is C73H139NO5. The van der Waals surface area contributed by atoms with E-state index < -0.39 is 12.1 Å². The van der Waals surface area contributed by atoms with Crippen molar-refractivity contribution in [3.05, 3.63) is 36.5 Å². The Labute approximate surface area is 494 Å². The highest BCUT2D eigenvalue weighted by Gasteiger charge is 2.20. The van der Waals surface area contributed by atoms with Crippen LogP contribution in [0, 0.1) is 0 Å². The Kier molecular flexibility index (Phi) is 66.9. The van der Waals surface area contributed by atoms with E-state index in [1.807, 2.05) is 0 Å². The zero-order valence-corrected chi connectivity index (χ0v) is 53.4. The van der Waals surface area contributed by atoms with Gasteiger partial charge >= 0.3 is 5.97 Å². The molecule has 0 fully saturated rings. The number of unbranched alkanes of at least 4 members (excludes halogenated alkanes) is 50. The van der Waals surface area contributed by atoms with Crippen LogP contribution in [0.15, 0.2) is 36.5 Å². The standard InChI is InChI=1S/C73H139NO5/c1-3-5-7-9-11-13-15-17-18-35-39-43-47-51-55-59-63-67-73(78)79-68-64-60-56-52-48-44-40-37-34-32-30-28-26-24-22-20-19-21-23-25-27-29-31-33-36-38-42-46-50-54-58-62-66-72(77)74-70(69-75)71(76)65-61-57-53-49-45-41-16-14-12-10-8-6-4-2/h11,13,17-18,22,24,70-71,75-76H,3-10,12,14-16,19-21,23,25-69H2,1-2H3,(H,74,77)/b13-11-,18-17-,24-22-. The van der Waals surface area contributed by atoms with E-state index in [1.165, 1.54) is 308 Å². The fourth-order valence-corrected chi connectivity index (χ4v) is 11.2. The molecule has 79 heavy (non-hydrogen) atoms. The first kappa shape index (κ1) is 77.1. The number of allylic oxidation sites excluding steroid dienone is 6. The van der Waals surface area contributed by atoms with E-state index in [2.05, 4.69) is 55.6 Å². The highest BCUT2D eigenvalue weighted by Crippen LogP contribution is 2.19. The van der Waals surface area contributed by atoms with Crippen molar-refractivity contribution in [1.82, 2.24) is 5.32 Å². The van der Waals surface area contributed by atoms with Crippen LogP contribution in [0.1, 0.15) is 393 Å². The first-order valence-corrected chi connectivity index (χ1v) is 35.7. The van der Waals surface area contributed by atoms with E-state index in [0.29, 0.717) is 25.9 Å². The molecule has 0 bridgehead atoms. The van der Waals surface area contributed by atoms with E-state index >= 15 is 0 Å². The van der Waals surface area contributed by atoms with Crippen molar-refractivity contribution in [2.75, 3.05) is 13.2 Å². The predicted octanol–water partition coefficient (Wildman–Crippen LogP) is 23.1. The van der Waals surface area contributed by atoms with Crippen LogP contribution in [-0.2, 0) is 14.3 Å². The van der Waals surface area contributed by atoms with Gasteiger partial charge in [-0.3, -0.25) is 9.59 Å². The minimum atomic E-state index is -0.662. The van der Waals surface area contributed by atoms with Gasteiger partial charge in [0.25, 0.3) is 0 Å². The predicted molar refractivity (Wildman–Crippen MR) is 347 cm³/mol. The number of ether oxygens (including phenoxy) is 1. The molecule has 0 aliphatic rings. The van der Waals surface area contributed by atoms with Gasteiger partial charge < -0.3 is 20.3 Å². The topological polar surface area (TPSA) is 95.9 Å². The Morgan fingerprint density at radius 2 is 0.633 bits per heavy atom. The van der Waals surface area contributed by atoms with Crippen LogP contribution in [0.3, 0.4) is 0 Å². The molecular weight excluding hydrogens is 971 g/mol. The number of aliphatic hydroxyl groups excluding tert-OH is 2. The first-order chi connectivity index (χ1) is 39.0. The van der Waals surface area contributed by atoms with Gasteiger partial charge in [-0.05, 0) is 83.5 Å². The Morgan fingerprint density at radius 1 is 0.354 bits per heavy atom. The van der Waals surface area contributed by atoms with Crippen LogP contribution in [0.2, 0.25) is 0 Å². The van der Waals surface area contributed by atoms with Gasteiger partial charge in [0.2, 0.25) is 5.91 Å². The van der Waals surface area contributed by atoms with Crippen LogP contribution in [0.5, 0.6) is 0 Å². The number of nitrogens with one attached hydrogen (secondary N) is 1. The van der Waals surface area contributed by atoms with E-state index in [4.69, 9.17) is 4.74 Å². The summed E-state index contributed by atoms with van der Waals surface area (Å²) in [7, 11) is 0. The molecule has 0 radical (unpaired) electrons. The van der Waals surface area contributed by atoms with Crippen molar-refractivity contribution in [1.29, 1.82) is 0 Å². The first-order valence-electron chi connectivity index (χ1n) is 35.7. The highest BCUT2D eigenvalue weighted by atomic mass is 16.5. The molecule has 2 unspecified atom stereocenters. The number of hydrogen-bond donors (Lipinski definition) is 3. The maximum atomic E-state index is 12.5. The van der Waals surface area contributed by atoms with Crippen molar-refractivity contribution in [2.45, 2.75) is 405 Å². The lowest BCUT2D eigenvalue weighted by atomic mass is 10.0. The molecule has 0 spiro atoms. The molecule has 6 heteroatoms. The summed E-state index contributed by atoms with van der Waals surface area (Å²) in [6, 6.07) is -0.539. The Balaban J connectivity index is 3.34. The van der Waals surface area contributed by atoms with Gasteiger partial charge in [-0.1, -0.05) is 333 Å². The number of carbonyl (C=O) groups is 2. The maximum absolute atomic E-state index is 12.5. The lowest BCUT2D eigenvalue weighted by Gasteiger charge is -2.22. The number of aliphatic hydroxyl groups is 2. The summed E-state index contributed by atoms with van der Waals surface area (Å²) in [5.74, 6) is -0.0199. The van der Waals surface area contributed by atoms with Crippen LogP contribution in [0.4, 0.5) is 0 Å². The van der Waals surface area contributed by atoms with Gasteiger partial charge in [-0.25, -0.2) is 0 Å². The Hall–Kier alpha value is -1.92. The molecule has 0 saturated carbocycles. The molecule has 0 aromatic carbocycles. The second kappa shape index (κ2) is 68.6. The average molecular weight is 1110 g/mol. The fourth-order valence-electron chi connectivity index (χ4n) is 11.2. The SMILES string of the molecule is CCCCC/C=C\C/C=C\CCCCCCCCCC(=O)OCCCCCCCCCCCCCC/C=C\CCCCCCCCCCCCCCCCCCC(=O)NC(CO)C(O)CCCCCCCCCCCCCCC. The third-order valence-electron chi connectivity index (χ3n) is 16.7. The van der Waals surface area contributed by atoms with Gasteiger partial charge in [0, 0.05) is 12.8 Å². The second-order valence-electron chi connectivity index (χ2n) is 24.6. The summed E-state index contributed by atoms with van der Waals surface area (Å²) in [5.41, 5.74) is 0. The van der Waals surface area contributed by atoms with Crippen molar-refractivity contribution in [3.63, 3.8) is 0 Å². The summed E-state index contributed by atoms with van der Waals surface area (Å²) >= 11 is 0. The quantitative estimate of drug-likeness (QED) is 0.0320. The normalized spacial score (nSPS) is 12.7. The molecule has 6 nitrogen and oxygen atoms in total. The zero-order chi connectivity index (χ0) is 57.1. The van der Waals surface area contributed by atoms with Gasteiger partial charge in [0.05, 0.1) is 25.4 Å². The summed E-state index contributed by atoms with van der Waals surface area (Å²) < 4.78 is 5.50. The van der Waals surface area contributed by atoms with Crippen molar-refractivity contribution >= 4 is 11.9 Å². The number of esters is 1. The van der Waals surface area contributed by atoms with Crippen molar-refractivity contribution in [2.24, 2.45) is 0 Å². The Bertz CT molecular complexity index is 1280. The number of amides is 1. The van der Waals surface area contributed by atoms with Crippen LogP contribution in [0.25, 0.3) is 0 Å². The minimum Gasteiger partial charge on any atom is -0.466 e. The van der Waals surface area contributed by atoms with Crippen molar-refractivity contribution < 1.29 is 24.5 Å². The second-order valence-corrected chi connectivity index (χ2v) is 24.6. The third kappa shape index (κ3) is 65.1. The average Bonchev–Trinajstić information content (AvgIpc) is 3.45. The molecule has 0 aliphatic carbocycles. The fraction of sp³-hybridized carbons (Fsp3) is 0.890. The number of hydrogen-bond acceptors (Lipinski definition) is 5. The van der Waals surface area contributed by atoms with E-state index in [-0.39, 0.29) is 18.5 Å². The summed E-state index contributed by atoms with van der Waals surface area (Å²) in [6.45, 7) is 4.95. The monoisotopic (exact) mass is 1110 g/mol. The van der Waals surface area contributed by atoms with Gasteiger partial charge in [0.15, 0.2) is 0 Å². The smallest absolute Gasteiger partial charge is 0.305 e.